The van der Waals surface area contributed by atoms with Gasteiger partial charge in [-0.1, -0.05) is 18.2 Å². The zero-order chi connectivity index (χ0) is 21.9. The molecule has 0 bridgehead atoms. The summed E-state index contributed by atoms with van der Waals surface area (Å²) in [6.07, 6.45) is 3.42. The summed E-state index contributed by atoms with van der Waals surface area (Å²) in [5.41, 5.74) is 0.679. The van der Waals surface area contributed by atoms with Gasteiger partial charge in [0, 0.05) is 37.3 Å². The minimum absolute atomic E-state index is 0.0757. The number of sulfonamides is 1. The smallest absolute Gasteiger partial charge is 0.251 e. The molecule has 2 N–H and O–H groups in total. The second-order valence-electron chi connectivity index (χ2n) is 8.41. The van der Waals surface area contributed by atoms with Crippen LogP contribution in [0.5, 0.6) is 0 Å². The molecule has 6 nitrogen and oxygen atoms in total. The molecule has 2 aromatic rings. The number of ether oxygens (including phenoxy) is 1. The van der Waals surface area contributed by atoms with Crippen molar-refractivity contribution in [2.24, 2.45) is 5.92 Å². The Hall–Kier alpha value is -2.29. The zero-order valence-electron chi connectivity index (χ0n) is 17.3. The van der Waals surface area contributed by atoms with E-state index in [9.17, 15) is 17.6 Å². The van der Waals surface area contributed by atoms with Crippen LogP contribution in [0.25, 0.3) is 0 Å². The van der Waals surface area contributed by atoms with Crippen LogP contribution < -0.4 is 10.0 Å². The molecule has 0 unspecified atom stereocenters. The van der Waals surface area contributed by atoms with Crippen LogP contribution in [0.15, 0.2) is 53.4 Å². The highest BCUT2D eigenvalue weighted by Crippen LogP contribution is 2.34. The van der Waals surface area contributed by atoms with Gasteiger partial charge in [0.2, 0.25) is 10.0 Å². The molecule has 4 rings (SSSR count). The van der Waals surface area contributed by atoms with Gasteiger partial charge in [0.1, 0.15) is 5.82 Å². The lowest BCUT2D eigenvalue weighted by molar-refractivity contribution is 0.0486. The van der Waals surface area contributed by atoms with Crippen molar-refractivity contribution in [2.45, 2.75) is 36.0 Å². The molecule has 0 spiro atoms. The third-order valence-corrected chi connectivity index (χ3v) is 7.56. The predicted octanol–water partition coefficient (Wildman–Crippen LogP) is 2.99. The Morgan fingerprint density at radius 3 is 2.55 bits per heavy atom. The topological polar surface area (TPSA) is 84.5 Å². The summed E-state index contributed by atoms with van der Waals surface area (Å²) in [5.74, 6) is -0.257. The summed E-state index contributed by atoms with van der Waals surface area (Å²) in [7, 11) is -3.65. The fraction of sp³-hybridized carbons (Fsp3) is 0.435. The van der Waals surface area contributed by atoms with Crippen molar-refractivity contribution in [1.29, 1.82) is 0 Å². The number of hydrogen-bond acceptors (Lipinski definition) is 4. The minimum Gasteiger partial charge on any atom is -0.381 e. The van der Waals surface area contributed by atoms with E-state index >= 15 is 0 Å². The van der Waals surface area contributed by atoms with E-state index in [1.807, 2.05) is 6.07 Å². The Labute approximate surface area is 182 Å². The number of carbonyl (C=O) groups is 1. The molecule has 0 radical (unpaired) electrons. The molecule has 2 aromatic carbocycles. The molecule has 166 valence electrons. The lowest BCUT2D eigenvalue weighted by Crippen LogP contribution is -2.44. The molecule has 0 atom stereocenters. The number of nitrogens with one attached hydrogen (secondary N) is 2. The van der Waals surface area contributed by atoms with E-state index in [2.05, 4.69) is 10.0 Å². The van der Waals surface area contributed by atoms with E-state index in [0.717, 1.165) is 18.4 Å². The van der Waals surface area contributed by atoms with Crippen LogP contribution in [0.2, 0.25) is 0 Å². The van der Waals surface area contributed by atoms with E-state index in [0.29, 0.717) is 45.1 Å². The molecule has 1 heterocycles. The molecule has 0 aromatic heterocycles. The average molecular weight is 447 g/mol. The first-order valence-electron chi connectivity index (χ1n) is 10.6. The molecule has 31 heavy (non-hydrogen) atoms. The molecule has 1 amide bonds. The standard InChI is InChI=1S/C23H27FN2O4S/c24-20-5-2-4-19(14-20)23(9-11-30-12-10-23)16-25-22(27)18-3-1-6-21(13-18)31(28,29)26-15-17-7-8-17/h1-6,13-14,17,26H,7-12,15-16H2,(H,25,27). The van der Waals surface area contributed by atoms with E-state index in [4.69, 9.17) is 4.74 Å². The highest BCUT2D eigenvalue weighted by Gasteiger charge is 2.35. The van der Waals surface area contributed by atoms with Crippen LogP contribution in [0.3, 0.4) is 0 Å². The average Bonchev–Trinajstić information content (AvgIpc) is 3.62. The third-order valence-electron chi connectivity index (χ3n) is 6.14. The Bertz CT molecular complexity index is 1050. The first-order valence-corrected chi connectivity index (χ1v) is 12.1. The van der Waals surface area contributed by atoms with Gasteiger partial charge in [-0.25, -0.2) is 17.5 Å². The van der Waals surface area contributed by atoms with Gasteiger partial charge in [-0.15, -0.1) is 0 Å². The fourth-order valence-electron chi connectivity index (χ4n) is 3.94. The van der Waals surface area contributed by atoms with Crippen molar-refractivity contribution in [3.63, 3.8) is 0 Å². The Kier molecular flexibility index (Phi) is 6.41. The molecular weight excluding hydrogens is 419 g/mol. The zero-order valence-corrected chi connectivity index (χ0v) is 18.1. The quantitative estimate of drug-likeness (QED) is 0.653. The number of halogens is 1. The van der Waals surface area contributed by atoms with Gasteiger partial charge in [-0.3, -0.25) is 4.79 Å². The summed E-state index contributed by atoms with van der Waals surface area (Å²) in [4.78, 5) is 12.9. The molecular formula is C23H27FN2O4S. The largest absolute Gasteiger partial charge is 0.381 e. The Morgan fingerprint density at radius 1 is 1.10 bits per heavy atom. The first-order chi connectivity index (χ1) is 14.9. The molecule has 2 fully saturated rings. The maximum absolute atomic E-state index is 13.8. The maximum Gasteiger partial charge on any atom is 0.251 e. The van der Waals surface area contributed by atoms with Gasteiger partial charge in [-0.2, -0.15) is 0 Å². The number of hydrogen-bond donors (Lipinski definition) is 2. The van der Waals surface area contributed by atoms with E-state index < -0.39 is 15.4 Å². The van der Waals surface area contributed by atoms with Crippen LogP contribution >= 0.6 is 0 Å². The van der Waals surface area contributed by atoms with Crippen molar-refractivity contribution in [3.05, 3.63) is 65.5 Å². The highest BCUT2D eigenvalue weighted by atomic mass is 32.2. The van der Waals surface area contributed by atoms with Crippen LogP contribution in [0, 0.1) is 11.7 Å². The molecule has 1 saturated carbocycles. The summed E-state index contributed by atoms with van der Waals surface area (Å²) in [6.45, 7) is 1.81. The van der Waals surface area contributed by atoms with Crippen molar-refractivity contribution in [2.75, 3.05) is 26.3 Å². The van der Waals surface area contributed by atoms with Gasteiger partial charge in [0.05, 0.1) is 4.90 Å². The first kappa shape index (κ1) is 21.9. The number of amides is 1. The van der Waals surface area contributed by atoms with Crippen LogP contribution in [-0.4, -0.2) is 40.6 Å². The van der Waals surface area contributed by atoms with E-state index in [1.54, 1.807) is 18.2 Å². The summed E-state index contributed by atoms with van der Waals surface area (Å²) in [6, 6.07) is 12.5. The van der Waals surface area contributed by atoms with Crippen molar-refractivity contribution < 1.29 is 22.3 Å². The van der Waals surface area contributed by atoms with E-state index in [-0.39, 0.29) is 22.2 Å². The number of benzene rings is 2. The fourth-order valence-corrected chi connectivity index (χ4v) is 5.10. The SMILES string of the molecule is O=C(NCC1(c2cccc(F)c2)CCOCC1)c1cccc(S(=O)(=O)NCC2CC2)c1. The summed E-state index contributed by atoms with van der Waals surface area (Å²) >= 11 is 0. The maximum atomic E-state index is 13.8. The number of carbonyl (C=O) groups excluding carboxylic acids is 1. The third kappa shape index (κ3) is 5.31. The van der Waals surface area contributed by atoms with Crippen molar-refractivity contribution in [1.82, 2.24) is 10.0 Å². The molecule has 2 aliphatic rings. The second kappa shape index (κ2) is 9.06. The lowest BCUT2D eigenvalue weighted by atomic mass is 9.74. The van der Waals surface area contributed by atoms with Crippen LogP contribution in [-0.2, 0) is 20.2 Å². The molecule has 1 saturated heterocycles. The second-order valence-corrected chi connectivity index (χ2v) is 10.2. The summed E-state index contributed by atoms with van der Waals surface area (Å²) in [5, 5.41) is 2.93. The Balaban J connectivity index is 1.48. The normalized spacial score (nSPS) is 18.5. The minimum atomic E-state index is -3.65. The van der Waals surface area contributed by atoms with E-state index in [1.165, 1.54) is 24.3 Å². The molecule has 1 aliphatic heterocycles. The van der Waals surface area contributed by atoms with Gasteiger partial charge < -0.3 is 10.1 Å². The van der Waals surface area contributed by atoms with Crippen molar-refractivity contribution >= 4 is 15.9 Å². The van der Waals surface area contributed by atoms with Gasteiger partial charge in [0.25, 0.3) is 5.91 Å². The van der Waals surface area contributed by atoms with Gasteiger partial charge >= 0.3 is 0 Å². The van der Waals surface area contributed by atoms with Crippen molar-refractivity contribution in [3.8, 4) is 0 Å². The molecule has 8 heteroatoms. The van der Waals surface area contributed by atoms with Gasteiger partial charge in [-0.05, 0) is 67.5 Å². The van der Waals surface area contributed by atoms with Gasteiger partial charge in [0.15, 0.2) is 0 Å². The highest BCUT2D eigenvalue weighted by molar-refractivity contribution is 7.89. The monoisotopic (exact) mass is 446 g/mol. The van der Waals surface area contributed by atoms with Crippen LogP contribution in [0.1, 0.15) is 41.6 Å². The predicted molar refractivity (Wildman–Crippen MR) is 115 cm³/mol. The Morgan fingerprint density at radius 2 is 1.84 bits per heavy atom. The lowest BCUT2D eigenvalue weighted by Gasteiger charge is -2.38. The molecule has 1 aliphatic carbocycles. The van der Waals surface area contributed by atoms with Crippen LogP contribution in [0.4, 0.5) is 4.39 Å². The summed E-state index contributed by atoms with van der Waals surface area (Å²) < 4.78 is 47.0. The number of rotatable bonds is 8.